The zero-order chi connectivity index (χ0) is 10.1. The van der Waals surface area contributed by atoms with Crippen molar-refractivity contribution in [1.82, 2.24) is 4.90 Å². The average Bonchev–Trinajstić information content (AvgIpc) is 2.17. The largest absolute Gasteiger partial charge is 0.465 e. The van der Waals surface area contributed by atoms with E-state index >= 15 is 0 Å². The first kappa shape index (κ1) is 8.83. The highest BCUT2D eigenvalue weighted by Crippen LogP contribution is 2.25. The predicted octanol–water partition coefficient (Wildman–Crippen LogP) is 1.33. The third kappa shape index (κ3) is 1.38. The molecule has 0 unspecified atom stereocenters. The topological polar surface area (TPSA) is 64.0 Å². The van der Waals surface area contributed by atoms with E-state index in [2.05, 4.69) is 0 Å². The van der Waals surface area contributed by atoms with E-state index in [9.17, 15) is 10.0 Å². The van der Waals surface area contributed by atoms with Crippen LogP contribution in [0.15, 0.2) is 24.3 Å². The summed E-state index contributed by atoms with van der Waals surface area (Å²) in [5, 5.41) is 19.2. The van der Waals surface area contributed by atoms with Gasteiger partial charge in [-0.25, -0.2) is 9.86 Å². The number of amides is 1. The molecule has 0 atom stereocenters. The van der Waals surface area contributed by atoms with Crippen molar-refractivity contribution in [1.29, 1.82) is 0 Å². The maximum atomic E-state index is 10.7. The first-order valence-electron chi connectivity index (χ1n) is 4.20. The predicted molar refractivity (Wildman–Crippen MR) is 49.1 cm³/mol. The third-order valence-electron chi connectivity index (χ3n) is 2.21. The molecular formula is C9H10N2O3. The molecule has 1 heterocycles. The van der Waals surface area contributed by atoms with Crippen molar-refractivity contribution in [3.8, 4) is 0 Å². The smallest absolute Gasteiger partial charge is 0.409 e. The Labute approximate surface area is 80.7 Å². The first-order valence-corrected chi connectivity index (χ1v) is 4.20. The lowest BCUT2D eigenvalue weighted by Crippen LogP contribution is -2.43. The lowest BCUT2D eigenvalue weighted by Gasteiger charge is -2.32. The molecule has 0 radical (unpaired) electrons. The van der Waals surface area contributed by atoms with Crippen LogP contribution in [0.2, 0.25) is 0 Å². The number of carboxylic acid groups (broad SMARTS) is 1. The maximum absolute atomic E-state index is 10.7. The summed E-state index contributed by atoms with van der Waals surface area (Å²) in [5.74, 6) is 0. The summed E-state index contributed by atoms with van der Waals surface area (Å²) in [6.07, 6.45) is -1.03. The highest BCUT2D eigenvalue weighted by Gasteiger charge is 2.23. The van der Waals surface area contributed by atoms with Gasteiger partial charge in [0.1, 0.15) is 6.67 Å². The molecule has 0 aromatic heterocycles. The fourth-order valence-electron chi connectivity index (χ4n) is 1.52. The number of anilines is 1. The Kier molecular flexibility index (Phi) is 2.01. The molecule has 74 valence electrons. The molecule has 1 aliphatic rings. The molecule has 0 fully saturated rings. The fraction of sp³-hybridized carbons (Fsp3) is 0.222. The highest BCUT2D eigenvalue weighted by molar-refractivity contribution is 5.67. The molecule has 14 heavy (non-hydrogen) atoms. The lowest BCUT2D eigenvalue weighted by atomic mass is 10.1. The average molecular weight is 194 g/mol. The summed E-state index contributed by atoms with van der Waals surface area (Å²) in [7, 11) is 0. The Balaban J connectivity index is 2.33. The number of hydrogen-bond donors (Lipinski definition) is 2. The fourth-order valence-corrected chi connectivity index (χ4v) is 1.52. The van der Waals surface area contributed by atoms with E-state index in [1.165, 1.54) is 0 Å². The SMILES string of the molecule is O=C(O)N1Cc2ccccc2N(O)C1. The second kappa shape index (κ2) is 3.19. The maximum Gasteiger partial charge on any atom is 0.409 e. The summed E-state index contributed by atoms with van der Waals surface area (Å²) >= 11 is 0. The molecule has 2 rings (SSSR count). The van der Waals surface area contributed by atoms with Crippen molar-refractivity contribution in [3.05, 3.63) is 29.8 Å². The Morgan fingerprint density at radius 3 is 2.79 bits per heavy atom. The zero-order valence-corrected chi connectivity index (χ0v) is 7.42. The van der Waals surface area contributed by atoms with Crippen LogP contribution >= 0.6 is 0 Å². The van der Waals surface area contributed by atoms with Crippen LogP contribution < -0.4 is 5.06 Å². The number of nitrogens with zero attached hydrogens (tertiary/aromatic N) is 2. The third-order valence-corrected chi connectivity index (χ3v) is 2.21. The number of carbonyl (C=O) groups is 1. The van der Waals surface area contributed by atoms with Gasteiger partial charge in [-0.3, -0.25) is 10.1 Å². The first-order chi connectivity index (χ1) is 6.68. The van der Waals surface area contributed by atoms with Crippen molar-refractivity contribution in [2.75, 3.05) is 11.7 Å². The monoisotopic (exact) mass is 194 g/mol. The summed E-state index contributed by atoms with van der Waals surface area (Å²) in [4.78, 5) is 11.8. The van der Waals surface area contributed by atoms with E-state index in [4.69, 9.17) is 5.11 Å². The van der Waals surface area contributed by atoms with Gasteiger partial charge in [-0.1, -0.05) is 18.2 Å². The number of fused-ring (bicyclic) bond motifs is 1. The molecule has 0 aliphatic carbocycles. The lowest BCUT2D eigenvalue weighted by molar-refractivity contribution is 0.112. The second-order valence-electron chi connectivity index (χ2n) is 3.15. The van der Waals surface area contributed by atoms with Gasteiger partial charge in [0.2, 0.25) is 0 Å². The van der Waals surface area contributed by atoms with Crippen LogP contribution in [0, 0.1) is 0 Å². The normalized spacial score (nSPS) is 15.2. The molecule has 5 nitrogen and oxygen atoms in total. The van der Waals surface area contributed by atoms with Gasteiger partial charge in [-0.2, -0.15) is 0 Å². The van der Waals surface area contributed by atoms with Gasteiger partial charge < -0.3 is 5.11 Å². The Bertz CT molecular complexity index is 367. The van der Waals surface area contributed by atoms with Gasteiger partial charge in [0, 0.05) is 0 Å². The molecule has 0 spiro atoms. The summed E-state index contributed by atoms with van der Waals surface area (Å²) in [5.41, 5.74) is 1.48. The minimum Gasteiger partial charge on any atom is -0.465 e. The quantitative estimate of drug-likeness (QED) is 0.654. The van der Waals surface area contributed by atoms with Gasteiger partial charge in [0.15, 0.2) is 0 Å². The van der Waals surface area contributed by atoms with Gasteiger partial charge in [0.05, 0.1) is 12.2 Å². The summed E-state index contributed by atoms with van der Waals surface area (Å²) < 4.78 is 0. The number of hydrogen-bond acceptors (Lipinski definition) is 3. The highest BCUT2D eigenvalue weighted by atomic mass is 16.5. The summed E-state index contributed by atoms with van der Waals surface area (Å²) in [6, 6.07) is 7.18. The van der Waals surface area contributed by atoms with Crippen molar-refractivity contribution in [2.24, 2.45) is 0 Å². The minimum atomic E-state index is -1.03. The van der Waals surface area contributed by atoms with Gasteiger partial charge >= 0.3 is 6.09 Å². The molecule has 0 saturated carbocycles. The molecule has 5 heteroatoms. The van der Waals surface area contributed by atoms with Gasteiger partial charge in [-0.05, 0) is 11.6 Å². The second-order valence-corrected chi connectivity index (χ2v) is 3.15. The molecule has 1 aromatic rings. The van der Waals surface area contributed by atoms with Crippen LogP contribution in [0.5, 0.6) is 0 Å². The van der Waals surface area contributed by atoms with E-state index < -0.39 is 6.09 Å². The van der Waals surface area contributed by atoms with Crippen LogP contribution in [-0.4, -0.2) is 28.0 Å². The Hall–Kier alpha value is -1.75. The molecular weight excluding hydrogens is 184 g/mol. The molecule has 0 bridgehead atoms. The van der Waals surface area contributed by atoms with Crippen LogP contribution in [0.3, 0.4) is 0 Å². The number of rotatable bonds is 0. The summed E-state index contributed by atoms with van der Waals surface area (Å²) in [6.45, 7) is 0.314. The number of benzene rings is 1. The van der Waals surface area contributed by atoms with Crippen LogP contribution in [-0.2, 0) is 6.54 Å². The molecule has 1 aromatic carbocycles. The van der Waals surface area contributed by atoms with Crippen LogP contribution in [0.1, 0.15) is 5.56 Å². The van der Waals surface area contributed by atoms with Gasteiger partial charge in [-0.15, -0.1) is 0 Å². The van der Waals surface area contributed by atoms with E-state index in [1.54, 1.807) is 18.2 Å². The van der Waals surface area contributed by atoms with Crippen LogP contribution in [0.25, 0.3) is 0 Å². The minimum absolute atomic E-state index is 0.00759. The molecule has 2 N–H and O–H groups in total. The van der Waals surface area contributed by atoms with Crippen molar-refractivity contribution < 1.29 is 15.1 Å². The van der Waals surface area contributed by atoms with Crippen molar-refractivity contribution >= 4 is 11.8 Å². The number of para-hydroxylation sites is 1. The van der Waals surface area contributed by atoms with E-state index in [1.807, 2.05) is 6.07 Å². The zero-order valence-electron chi connectivity index (χ0n) is 7.42. The van der Waals surface area contributed by atoms with Gasteiger partial charge in [0.25, 0.3) is 0 Å². The molecule has 1 amide bonds. The molecule has 0 saturated heterocycles. The number of hydroxylamine groups is 1. The van der Waals surface area contributed by atoms with Crippen molar-refractivity contribution in [3.63, 3.8) is 0 Å². The standard InChI is InChI=1S/C9H10N2O3/c12-9(13)10-5-7-3-1-2-4-8(7)11(14)6-10/h1-4,14H,5-6H2,(H,12,13). The molecule has 1 aliphatic heterocycles. The Morgan fingerprint density at radius 2 is 2.07 bits per heavy atom. The van der Waals surface area contributed by atoms with E-state index in [0.717, 1.165) is 15.5 Å². The van der Waals surface area contributed by atoms with E-state index in [0.29, 0.717) is 12.2 Å². The van der Waals surface area contributed by atoms with E-state index in [-0.39, 0.29) is 6.67 Å². The Morgan fingerprint density at radius 1 is 1.36 bits per heavy atom. The van der Waals surface area contributed by atoms with Crippen molar-refractivity contribution in [2.45, 2.75) is 6.54 Å². The van der Waals surface area contributed by atoms with Crippen LogP contribution in [0.4, 0.5) is 10.5 Å².